The van der Waals surface area contributed by atoms with Crippen LogP contribution in [0.2, 0.25) is 0 Å². The second-order valence-electron chi connectivity index (χ2n) is 1.55. The summed E-state index contributed by atoms with van der Waals surface area (Å²) in [4.78, 5) is 0. The first-order chi connectivity index (χ1) is 3.31. The minimum Gasteiger partial charge on any atom is -0.233 e. The molecule has 0 saturated carbocycles. The molecule has 0 rings (SSSR count). The molecule has 0 aromatic carbocycles. The van der Waals surface area contributed by atoms with Crippen molar-refractivity contribution in [3.05, 3.63) is 12.7 Å². The van der Waals surface area contributed by atoms with Gasteiger partial charge in [0.15, 0.2) is 0 Å². The van der Waals surface area contributed by atoms with Crippen molar-refractivity contribution in [1.82, 2.24) is 0 Å². The van der Waals surface area contributed by atoms with Crippen LogP contribution in [0.3, 0.4) is 0 Å². The standard InChI is InChI=1S/C6H11O/c1-3-5-6(7)4-2/h3,6H,1,4-5H2,2H3. The molecular weight excluding hydrogens is 88.1 g/mol. The van der Waals surface area contributed by atoms with Gasteiger partial charge in [-0.15, -0.1) is 6.58 Å². The van der Waals surface area contributed by atoms with Crippen LogP contribution in [0.1, 0.15) is 19.8 Å². The third-order valence-corrected chi connectivity index (χ3v) is 0.885. The van der Waals surface area contributed by atoms with Gasteiger partial charge in [0.1, 0.15) is 0 Å². The monoisotopic (exact) mass is 99.1 g/mol. The van der Waals surface area contributed by atoms with E-state index in [0.717, 1.165) is 0 Å². The number of rotatable bonds is 3. The van der Waals surface area contributed by atoms with E-state index in [1.165, 1.54) is 0 Å². The van der Waals surface area contributed by atoms with Gasteiger partial charge in [-0.05, 0) is 12.8 Å². The molecule has 0 spiro atoms. The first-order valence-electron chi connectivity index (χ1n) is 2.58. The summed E-state index contributed by atoms with van der Waals surface area (Å²) in [6, 6.07) is 0. The van der Waals surface area contributed by atoms with Crippen molar-refractivity contribution in [3.8, 4) is 0 Å². The second-order valence-corrected chi connectivity index (χ2v) is 1.55. The first kappa shape index (κ1) is 6.70. The van der Waals surface area contributed by atoms with Crippen molar-refractivity contribution in [3.63, 3.8) is 0 Å². The SMILES string of the molecule is C=CCC([O])CC. The van der Waals surface area contributed by atoms with E-state index in [1.807, 2.05) is 6.92 Å². The fourth-order valence-electron chi connectivity index (χ4n) is 0.353. The summed E-state index contributed by atoms with van der Waals surface area (Å²) < 4.78 is 0. The Bertz CT molecular complexity index is 50.1. The van der Waals surface area contributed by atoms with E-state index in [1.54, 1.807) is 6.08 Å². The maximum absolute atomic E-state index is 10.4. The van der Waals surface area contributed by atoms with Crippen LogP contribution in [-0.4, -0.2) is 6.10 Å². The van der Waals surface area contributed by atoms with E-state index in [9.17, 15) is 5.11 Å². The van der Waals surface area contributed by atoms with Crippen LogP contribution in [0.25, 0.3) is 0 Å². The maximum atomic E-state index is 10.4. The van der Waals surface area contributed by atoms with Gasteiger partial charge in [-0.3, -0.25) is 0 Å². The highest BCUT2D eigenvalue weighted by molar-refractivity contribution is 4.70. The second kappa shape index (κ2) is 3.88. The highest BCUT2D eigenvalue weighted by Crippen LogP contribution is 1.95. The minimum atomic E-state index is -0.419. The summed E-state index contributed by atoms with van der Waals surface area (Å²) in [7, 11) is 0. The molecule has 7 heavy (non-hydrogen) atoms. The lowest BCUT2D eigenvalue weighted by molar-refractivity contribution is 0.0884. The Morgan fingerprint density at radius 3 is 2.57 bits per heavy atom. The molecule has 1 unspecified atom stereocenters. The molecular formula is C6H11O. The molecule has 0 bridgehead atoms. The van der Waals surface area contributed by atoms with Gasteiger partial charge in [-0.1, -0.05) is 13.0 Å². The summed E-state index contributed by atoms with van der Waals surface area (Å²) in [5, 5.41) is 10.4. The fourth-order valence-corrected chi connectivity index (χ4v) is 0.353. The predicted molar refractivity (Wildman–Crippen MR) is 29.6 cm³/mol. The van der Waals surface area contributed by atoms with Crippen LogP contribution in [0.5, 0.6) is 0 Å². The van der Waals surface area contributed by atoms with Crippen LogP contribution >= 0.6 is 0 Å². The third kappa shape index (κ3) is 3.53. The molecule has 0 aromatic rings. The van der Waals surface area contributed by atoms with E-state index >= 15 is 0 Å². The van der Waals surface area contributed by atoms with Crippen LogP contribution < -0.4 is 0 Å². The average molecular weight is 99.2 g/mol. The van der Waals surface area contributed by atoms with Gasteiger partial charge in [0.2, 0.25) is 0 Å². The lowest BCUT2D eigenvalue weighted by Gasteiger charge is -1.95. The lowest BCUT2D eigenvalue weighted by Crippen LogP contribution is -1.98. The molecule has 0 heterocycles. The van der Waals surface area contributed by atoms with Gasteiger partial charge in [0.25, 0.3) is 0 Å². The lowest BCUT2D eigenvalue weighted by atomic mass is 10.2. The summed E-state index contributed by atoms with van der Waals surface area (Å²) in [5.41, 5.74) is 0. The van der Waals surface area contributed by atoms with Crippen LogP contribution in [0.4, 0.5) is 0 Å². The van der Waals surface area contributed by atoms with Crippen LogP contribution in [-0.2, 0) is 5.11 Å². The Hall–Kier alpha value is -0.300. The van der Waals surface area contributed by atoms with E-state index in [-0.39, 0.29) is 0 Å². The highest BCUT2D eigenvalue weighted by atomic mass is 16.3. The smallest absolute Gasteiger partial charge is 0.0961 e. The summed E-state index contributed by atoms with van der Waals surface area (Å²) in [6.45, 7) is 5.34. The molecule has 0 aliphatic carbocycles. The zero-order chi connectivity index (χ0) is 5.70. The Kier molecular flexibility index (Phi) is 3.71. The molecule has 1 radical (unpaired) electrons. The number of hydrogen-bond acceptors (Lipinski definition) is 0. The molecule has 0 aliphatic heterocycles. The van der Waals surface area contributed by atoms with Crippen molar-refractivity contribution in [2.24, 2.45) is 0 Å². The molecule has 0 saturated heterocycles. The number of hydrogen-bond donors (Lipinski definition) is 0. The largest absolute Gasteiger partial charge is 0.233 e. The average Bonchev–Trinajstić information content (AvgIpc) is 1.68. The minimum absolute atomic E-state index is 0.419. The summed E-state index contributed by atoms with van der Waals surface area (Å²) in [5.74, 6) is 0. The quantitative estimate of drug-likeness (QED) is 0.480. The topological polar surface area (TPSA) is 19.9 Å². The molecule has 0 aromatic heterocycles. The first-order valence-corrected chi connectivity index (χ1v) is 2.58. The Morgan fingerprint density at radius 1 is 1.86 bits per heavy atom. The molecule has 0 N–H and O–H groups in total. The molecule has 1 heteroatoms. The summed E-state index contributed by atoms with van der Waals surface area (Å²) in [6.07, 6.45) is 2.57. The highest BCUT2D eigenvalue weighted by Gasteiger charge is 1.95. The van der Waals surface area contributed by atoms with Gasteiger partial charge in [-0.25, -0.2) is 5.11 Å². The Balaban J connectivity index is 2.98. The van der Waals surface area contributed by atoms with Gasteiger partial charge in [0.05, 0.1) is 6.10 Å². The van der Waals surface area contributed by atoms with Gasteiger partial charge < -0.3 is 0 Å². The van der Waals surface area contributed by atoms with Crippen molar-refractivity contribution >= 4 is 0 Å². The van der Waals surface area contributed by atoms with Crippen molar-refractivity contribution < 1.29 is 5.11 Å². The fraction of sp³-hybridized carbons (Fsp3) is 0.667. The molecule has 0 fully saturated rings. The zero-order valence-corrected chi connectivity index (χ0v) is 4.68. The van der Waals surface area contributed by atoms with Crippen molar-refractivity contribution in [2.75, 3.05) is 0 Å². The normalized spacial score (nSPS) is 13.4. The predicted octanol–water partition coefficient (Wildman–Crippen LogP) is 1.77. The van der Waals surface area contributed by atoms with E-state index in [0.29, 0.717) is 12.8 Å². The van der Waals surface area contributed by atoms with Gasteiger partial charge >= 0.3 is 0 Å². The van der Waals surface area contributed by atoms with Crippen LogP contribution in [0, 0.1) is 0 Å². The Labute approximate surface area is 44.7 Å². The maximum Gasteiger partial charge on any atom is 0.0961 e. The molecule has 0 aliphatic rings. The van der Waals surface area contributed by atoms with Gasteiger partial charge in [-0.2, -0.15) is 0 Å². The molecule has 41 valence electrons. The third-order valence-electron chi connectivity index (χ3n) is 0.885. The molecule has 0 amide bonds. The van der Waals surface area contributed by atoms with E-state index < -0.39 is 6.10 Å². The van der Waals surface area contributed by atoms with Crippen molar-refractivity contribution in [2.45, 2.75) is 25.9 Å². The van der Waals surface area contributed by atoms with Crippen LogP contribution in [0.15, 0.2) is 12.7 Å². The van der Waals surface area contributed by atoms with Crippen molar-refractivity contribution in [1.29, 1.82) is 0 Å². The van der Waals surface area contributed by atoms with Gasteiger partial charge in [0, 0.05) is 0 Å². The molecule has 1 nitrogen and oxygen atoms in total. The Morgan fingerprint density at radius 2 is 2.43 bits per heavy atom. The molecule has 1 atom stereocenters. The summed E-state index contributed by atoms with van der Waals surface area (Å²) >= 11 is 0. The van der Waals surface area contributed by atoms with E-state index in [4.69, 9.17) is 0 Å². The van der Waals surface area contributed by atoms with E-state index in [2.05, 4.69) is 6.58 Å². The zero-order valence-electron chi connectivity index (χ0n) is 4.68.